The SMILES string of the molecule is CCNc1cc(C)nc(NCCNC(=O)c2cc(-n3cccn3)nc(C)n2)n1. The molecule has 0 fully saturated rings. The van der Waals surface area contributed by atoms with Crippen molar-refractivity contribution < 1.29 is 4.79 Å². The highest BCUT2D eigenvalue weighted by molar-refractivity contribution is 5.92. The number of aryl methyl sites for hydroxylation is 2. The fourth-order valence-corrected chi connectivity index (χ4v) is 2.55. The quantitative estimate of drug-likeness (QED) is 0.500. The summed E-state index contributed by atoms with van der Waals surface area (Å²) in [6.45, 7) is 7.31. The maximum atomic E-state index is 12.4. The lowest BCUT2D eigenvalue weighted by atomic mass is 10.3. The number of nitrogens with one attached hydrogen (secondary N) is 3. The molecule has 3 heterocycles. The number of hydrogen-bond acceptors (Lipinski definition) is 8. The van der Waals surface area contributed by atoms with Gasteiger partial charge in [-0.25, -0.2) is 19.6 Å². The average Bonchev–Trinajstić information content (AvgIpc) is 3.19. The van der Waals surface area contributed by atoms with Crippen LogP contribution in [0.3, 0.4) is 0 Å². The number of carbonyl (C=O) groups is 1. The van der Waals surface area contributed by atoms with Crippen LogP contribution in [-0.2, 0) is 0 Å². The molecule has 10 nitrogen and oxygen atoms in total. The highest BCUT2D eigenvalue weighted by atomic mass is 16.1. The molecule has 0 saturated carbocycles. The van der Waals surface area contributed by atoms with E-state index in [4.69, 9.17) is 0 Å². The molecule has 0 aromatic carbocycles. The molecule has 0 spiro atoms. The number of carbonyl (C=O) groups excluding carboxylic acids is 1. The molecule has 3 aromatic heterocycles. The molecule has 3 rings (SSSR count). The second kappa shape index (κ2) is 8.89. The summed E-state index contributed by atoms with van der Waals surface area (Å²) >= 11 is 0. The summed E-state index contributed by atoms with van der Waals surface area (Å²) in [7, 11) is 0. The Balaban J connectivity index is 1.56. The van der Waals surface area contributed by atoms with Crippen molar-refractivity contribution in [1.29, 1.82) is 0 Å². The van der Waals surface area contributed by atoms with Crippen molar-refractivity contribution in [1.82, 2.24) is 35.0 Å². The van der Waals surface area contributed by atoms with Crippen molar-refractivity contribution in [3.05, 3.63) is 47.8 Å². The van der Waals surface area contributed by atoms with Gasteiger partial charge in [-0.3, -0.25) is 4.79 Å². The highest BCUT2D eigenvalue weighted by Gasteiger charge is 2.11. The third-order valence-electron chi connectivity index (χ3n) is 3.70. The molecule has 3 aromatic rings. The van der Waals surface area contributed by atoms with Crippen LogP contribution >= 0.6 is 0 Å². The van der Waals surface area contributed by atoms with E-state index >= 15 is 0 Å². The maximum Gasteiger partial charge on any atom is 0.270 e. The Hall–Kier alpha value is -3.56. The van der Waals surface area contributed by atoms with Gasteiger partial charge in [-0.1, -0.05) is 0 Å². The third kappa shape index (κ3) is 5.00. The summed E-state index contributed by atoms with van der Waals surface area (Å²) < 4.78 is 1.59. The summed E-state index contributed by atoms with van der Waals surface area (Å²) in [4.78, 5) is 29.6. The molecule has 146 valence electrons. The fraction of sp³-hybridized carbons (Fsp3) is 0.333. The van der Waals surface area contributed by atoms with Crippen molar-refractivity contribution in [2.24, 2.45) is 0 Å². The van der Waals surface area contributed by atoms with Gasteiger partial charge in [0.05, 0.1) is 0 Å². The van der Waals surface area contributed by atoms with E-state index in [1.807, 2.05) is 19.9 Å². The van der Waals surface area contributed by atoms with Gasteiger partial charge in [0, 0.05) is 49.9 Å². The smallest absolute Gasteiger partial charge is 0.270 e. The van der Waals surface area contributed by atoms with Gasteiger partial charge < -0.3 is 16.0 Å². The van der Waals surface area contributed by atoms with Crippen LogP contribution in [0.15, 0.2) is 30.6 Å². The molecule has 0 unspecified atom stereocenters. The molecule has 0 aliphatic rings. The number of rotatable bonds is 8. The molecular formula is C18H23N9O. The van der Waals surface area contributed by atoms with E-state index in [2.05, 4.69) is 41.0 Å². The van der Waals surface area contributed by atoms with E-state index in [0.29, 0.717) is 36.4 Å². The van der Waals surface area contributed by atoms with Crippen molar-refractivity contribution >= 4 is 17.7 Å². The maximum absolute atomic E-state index is 12.4. The Labute approximate surface area is 162 Å². The minimum Gasteiger partial charge on any atom is -0.370 e. The van der Waals surface area contributed by atoms with Crippen LogP contribution in [0.25, 0.3) is 5.82 Å². The van der Waals surface area contributed by atoms with E-state index < -0.39 is 0 Å². The molecule has 0 radical (unpaired) electrons. The van der Waals surface area contributed by atoms with Gasteiger partial charge in [0.15, 0.2) is 5.82 Å². The zero-order valence-electron chi connectivity index (χ0n) is 16.1. The van der Waals surface area contributed by atoms with Gasteiger partial charge >= 0.3 is 0 Å². The molecule has 0 bridgehead atoms. The van der Waals surface area contributed by atoms with E-state index in [9.17, 15) is 4.79 Å². The number of hydrogen-bond donors (Lipinski definition) is 3. The van der Waals surface area contributed by atoms with Gasteiger partial charge in [-0.05, 0) is 26.8 Å². The Kier molecular flexibility index (Phi) is 6.10. The van der Waals surface area contributed by atoms with Crippen molar-refractivity contribution in [3.8, 4) is 5.82 Å². The minimum absolute atomic E-state index is 0.279. The summed E-state index contributed by atoms with van der Waals surface area (Å²) in [6.07, 6.45) is 3.41. The molecule has 0 aliphatic heterocycles. The second-order valence-electron chi connectivity index (χ2n) is 6.04. The summed E-state index contributed by atoms with van der Waals surface area (Å²) in [5.74, 6) is 2.05. The first kappa shape index (κ1) is 19.2. The van der Waals surface area contributed by atoms with E-state index in [0.717, 1.165) is 18.1 Å². The zero-order valence-corrected chi connectivity index (χ0v) is 16.1. The predicted octanol–water partition coefficient (Wildman–Crippen LogP) is 1.34. The van der Waals surface area contributed by atoms with E-state index in [1.54, 1.807) is 36.1 Å². The number of anilines is 2. The Morgan fingerprint density at radius 3 is 2.68 bits per heavy atom. The van der Waals surface area contributed by atoms with Crippen LogP contribution in [0.5, 0.6) is 0 Å². The Morgan fingerprint density at radius 2 is 1.93 bits per heavy atom. The van der Waals surface area contributed by atoms with E-state index in [1.165, 1.54) is 0 Å². The highest BCUT2D eigenvalue weighted by Crippen LogP contribution is 2.09. The Bertz CT molecular complexity index is 940. The van der Waals surface area contributed by atoms with Gasteiger partial charge in [0.1, 0.15) is 17.3 Å². The van der Waals surface area contributed by atoms with Crippen LogP contribution in [0.1, 0.15) is 28.9 Å². The van der Waals surface area contributed by atoms with Crippen LogP contribution < -0.4 is 16.0 Å². The van der Waals surface area contributed by atoms with Crippen LogP contribution in [0.4, 0.5) is 11.8 Å². The van der Waals surface area contributed by atoms with Gasteiger partial charge in [0.25, 0.3) is 5.91 Å². The first-order valence-corrected chi connectivity index (χ1v) is 9.02. The van der Waals surface area contributed by atoms with Crippen molar-refractivity contribution in [3.63, 3.8) is 0 Å². The largest absolute Gasteiger partial charge is 0.370 e. The van der Waals surface area contributed by atoms with Gasteiger partial charge in [0.2, 0.25) is 5.95 Å². The summed E-state index contributed by atoms with van der Waals surface area (Å²) in [6, 6.07) is 5.28. The fourth-order valence-electron chi connectivity index (χ4n) is 2.55. The molecule has 0 atom stereocenters. The standard InChI is InChI=1S/C18H23N9O/c1-4-19-15-10-12(2)23-18(26-15)21-8-7-20-17(28)14-11-16(25-13(3)24-14)27-9-5-6-22-27/h5-6,9-11H,4,7-8H2,1-3H3,(H,20,28)(H2,19,21,23,26). The monoisotopic (exact) mass is 381 g/mol. The van der Waals surface area contributed by atoms with Gasteiger partial charge in [-0.2, -0.15) is 10.1 Å². The lowest BCUT2D eigenvalue weighted by molar-refractivity contribution is 0.0949. The molecule has 0 saturated heterocycles. The molecule has 3 N–H and O–H groups in total. The van der Waals surface area contributed by atoms with Crippen LogP contribution in [-0.4, -0.2) is 55.3 Å². The first-order chi connectivity index (χ1) is 13.5. The summed E-state index contributed by atoms with van der Waals surface area (Å²) in [5.41, 5.74) is 1.15. The predicted molar refractivity (Wildman–Crippen MR) is 106 cm³/mol. The number of amides is 1. The molecule has 10 heteroatoms. The third-order valence-corrected chi connectivity index (χ3v) is 3.70. The zero-order chi connectivity index (χ0) is 19.9. The lowest BCUT2D eigenvalue weighted by Gasteiger charge is -2.10. The molecule has 0 aliphatic carbocycles. The van der Waals surface area contributed by atoms with Crippen molar-refractivity contribution in [2.45, 2.75) is 20.8 Å². The van der Waals surface area contributed by atoms with Crippen molar-refractivity contribution in [2.75, 3.05) is 30.3 Å². The lowest BCUT2D eigenvalue weighted by Crippen LogP contribution is -2.30. The molecule has 28 heavy (non-hydrogen) atoms. The summed E-state index contributed by atoms with van der Waals surface area (Å²) in [5, 5.41) is 13.2. The van der Waals surface area contributed by atoms with Gasteiger partial charge in [-0.15, -0.1) is 0 Å². The minimum atomic E-state index is -0.279. The van der Waals surface area contributed by atoms with E-state index in [-0.39, 0.29) is 5.91 Å². The average molecular weight is 381 g/mol. The number of aromatic nitrogens is 6. The van der Waals surface area contributed by atoms with Crippen LogP contribution in [0, 0.1) is 13.8 Å². The molecular weight excluding hydrogens is 358 g/mol. The van der Waals surface area contributed by atoms with Crippen LogP contribution in [0.2, 0.25) is 0 Å². The first-order valence-electron chi connectivity index (χ1n) is 9.02. The number of nitrogens with zero attached hydrogens (tertiary/aromatic N) is 6. The topological polar surface area (TPSA) is 123 Å². The Morgan fingerprint density at radius 1 is 1.07 bits per heavy atom. The molecule has 1 amide bonds. The second-order valence-corrected chi connectivity index (χ2v) is 6.04. The normalized spacial score (nSPS) is 10.5.